The average Bonchev–Trinajstić information content (AvgIpc) is 3.08. The quantitative estimate of drug-likeness (QED) is 0.495. The fourth-order valence-electron chi connectivity index (χ4n) is 3.50. The maximum atomic E-state index is 9.46. The summed E-state index contributed by atoms with van der Waals surface area (Å²) < 4.78 is 5.36. The zero-order valence-corrected chi connectivity index (χ0v) is 16.0. The van der Waals surface area contributed by atoms with Gasteiger partial charge in [0, 0.05) is 25.8 Å². The number of aromatic nitrogens is 1. The summed E-state index contributed by atoms with van der Waals surface area (Å²) in [6, 6.07) is 1.98. The van der Waals surface area contributed by atoms with Crippen molar-refractivity contribution in [2.24, 2.45) is 10.4 Å². The number of aliphatic imine (C=N–C) groups is 1. The minimum atomic E-state index is 0.195. The number of guanidine groups is 1. The Morgan fingerprint density at radius 3 is 2.68 bits per heavy atom. The molecule has 0 unspecified atom stereocenters. The number of hydrogen-bond acceptors (Lipinski definition) is 4. The van der Waals surface area contributed by atoms with Crippen LogP contribution < -0.4 is 10.6 Å². The molecule has 0 aliphatic heterocycles. The average molecular weight is 351 g/mol. The highest BCUT2D eigenvalue weighted by Gasteiger charge is 2.31. The summed E-state index contributed by atoms with van der Waals surface area (Å²) in [5.74, 6) is 1.94. The molecule has 1 aliphatic rings. The Morgan fingerprint density at radius 2 is 2.08 bits per heavy atom. The first kappa shape index (κ1) is 19.8. The number of aliphatic hydroxyl groups is 1. The van der Waals surface area contributed by atoms with E-state index < -0.39 is 0 Å². The molecule has 1 aromatic heterocycles. The molecule has 0 spiro atoms. The summed E-state index contributed by atoms with van der Waals surface area (Å²) in [5, 5.41) is 20.3. The first-order chi connectivity index (χ1) is 12.1. The van der Waals surface area contributed by atoms with E-state index in [1.54, 1.807) is 0 Å². The lowest BCUT2D eigenvalue weighted by Gasteiger charge is -2.37. The van der Waals surface area contributed by atoms with E-state index in [0.29, 0.717) is 12.5 Å². The standard InChI is InChI=1S/C19H34N4O2/c1-4-20-18(21-13-16-12-17(15(2)3)23-25-16)22-14-19(10-11-24)8-6-5-7-9-19/h12,15,24H,4-11,13-14H2,1-3H3,(H2,20,21,22). The largest absolute Gasteiger partial charge is 0.396 e. The Morgan fingerprint density at radius 1 is 1.32 bits per heavy atom. The lowest BCUT2D eigenvalue weighted by Crippen LogP contribution is -2.44. The predicted octanol–water partition coefficient (Wildman–Crippen LogP) is 3.19. The van der Waals surface area contributed by atoms with Crippen LogP contribution in [0.5, 0.6) is 0 Å². The van der Waals surface area contributed by atoms with Crippen molar-refractivity contribution in [3.8, 4) is 0 Å². The van der Waals surface area contributed by atoms with E-state index in [0.717, 1.165) is 36.9 Å². The van der Waals surface area contributed by atoms with Gasteiger partial charge in [0.25, 0.3) is 0 Å². The van der Waals surface area contributed by atoms with Gasteiger partial charge in [-0.15, -0.1) is 0 Å². The van der Waals surface area contributed by atoms with Gasteiger partial charge in [0.05, 0.1) is 5.69 Å². The Hall–Kier alpha value is -1.56. The smallest absolute Gasteiger partial charge is 0.191 e. The minimum absolute atomic E-state index is 0.195. The van der Waals surface area contributed by atoms with Crippen molar-refractivity contribution in [2.45, 2.75) is 71.8 Å². The summed E-state index contributed by atoms with van der Waals surface area (Å²) in [4.78, 5) is 4.63. The number of hydrogen-bond donors (Lipinski definition) is 3. The predicted molar refractivity (Wildman–Crippen MR) is 101 cm³/mol. The first-order valence-corrected chi connectivity index (χ1v) is 9.67. The minimum Gasteiger partial charge on any atom is -0.396 e. The van der Waals surface area contributed by atoms with Gasteiger partial charge >= 0.3 is 0 Å². The molecule has 3 N–H and O–H groups in total. The Kier molecular flexibility index (Phi) is 7.75. The highest BCUT2D eigenvalue weighted by atomic mass is 16.5. The fourth-order valence-corrected chi connectivity index (χ4v) is 3.50. The van der Waals surface area contributed by atoms with Crippen molar-refractivity contribution >= 4 is 5.96 Å². The van der Waals surface area contributed by atoms with Gasteiger partial charge < -0.3 is 20.3 Å². The van der Waals surface area contributed by atoms with Crippen molar-refractivity contribution in [2.75, 3.05) is 19.7 Å². The second kappa shape index (κ2) is 9.80. The van der Waals surface area contributed by atoms with Gasteiger partial charge in [-0.25, -0.2) is 4.99 Å². The summed E-state index contributed by atoms with van der Waals surface area (Å²) in [6.45, 7) is 8.65. The second-order valence-corrected chi connectivity index (χ2v) is 7.46. The number of nitrogens with zero attached hydrogens (tertiary/aromatic N) is 2. The van der Waals surface area contributed by atoms with Gasteiger partial charge in [0.2, 0.25) is 0 Å². The summed E-state index contributed by atoms with van der Waals surface area (Å²) in [6.07, 6.45) is 7.04. The third kappa shape index (κ3) is 6.03. The van der Waals surface area contributed by atoms with Gasteiger partial charge in [-0.05, 0) is 37.5 Å². The lowest BCUT2D eigenvalue weighted by atomic mass is 9.72. The lowest BCUT2D eigenvalue weighted by molar-refractivity contribution is 0.131. The van der Waals surface area contributed by atoms with Crippen LogP contribution in [0.25, 0.3) is 0 Å². The van der Waals surface area contributed by atoms with E-state index in [2.05, 4.69) is 41.6 Å². The van der Waals surface area contributed by atoms with Crippen molar-refractivity contribution < 1.29 is 9.63 Å². The van der Waals surface area contributed by atoms with E-state index in [1.165, 1.54) is 32.1 Å². The highest BCUT2D eigenvalue weighted by Crippen LogP contribution is 2.38. The normalized spacial score (nSPS) is 17.7. The molecule has 0 aromatic carbocycles. The Bertz CT molecular complexity index is 528. The van der Waals surface area contributed by atoms with Gasteiger partial charge in [0.1, 0.15) is 6.54 Å². The molecule has 0 atom stereocenters. The zero-order valence-electron chi connectivity index (χ0n) is 16.0. The van der Waals surface area contributed by atoms with Crippen LogP contribution in [0, 0.1) is 5.41 Å². The topological polar surface area (TPSA) is 82.7 Å². The molecule has 6 nitrogen and oxygen atoms in total. The molecule has 0 radical (unpaired) electrons. The van der Waals surface area contributed by atoms with Gasteiger partial charge in [-0.2, -0.15) is 0 Å². The van der Waals surface area contributed by atoms with E-state index in [1.807, 2.05) is 6.07 Å². The second-order valence-electron chi connectivity index (χ2n) is 7.46. The van der Waals surface area contributed by atoms with Crippen molar-refractivity contribution in [1.29, 1.82) is 0 Å². The molecular weight excluding hydrogens is 316 g/mol. The first-order valence-electron chi connectivity index (χ1n) is 9.67. The molecule has 0 amide bonds. The Labute approximate surface area is 151 Å². The van der Waals surface area contributed by atoms with E-state index in [4.69, 9.17) is 4.52 Å². The molecule has 142 valence electrons. The van der Waals surface area contributed by atoms with Crippen molar-refractivity contribution in [3.63, 3.8) is 0 Å². The molecule has 1 heterocycles. The number of aliphatic hydroxyl groups excluding tert-OH is 1. The number of nitrogens with one attached hydrogen (secondary N) is 2. The molecule has 1 fully saturated rings. The molecule has 0 saturated heterocycles. The van der Waals surface area contributed by atoms with E-state index in [-0.39, 0.29) is 12.0 Å². The molecule has 1 aliphatic carbocycles. The van der Waals surface area contributed by atoms with Crippen LogP contribution in [-0.4, -0.2) is 35.9 Å². The van der Waals surface area contributed by atoms with Crippen LogP contribution in [0.2, 0.25) is 0 Å². The molecule has 1 aromatic rings. The molecule has 1 saturated carbocycles. The summed E-state index contributed by atoms with van der Waals surface area (Å²) >= 11 is 0. The maximum absolute atomic E-state index is 9.46. The highest BCUT2D eigenvalue weighted by molar-refractivity contribution is 5.79. The van der Waals surface area contributed by atoms with Crippen LogP contribution in [0.15, 0.2) is 15.6 Å². The molecular formula is C19H34N4O2. The molecule has 25 heavy (non-hydrogen) atoms. The fraction of sp³-hybridized carbons (Fsp3) is 0.789. The van der Waals surface area contributed by atoms with Crippen LogP contribution in [-0.2, 0) is 6.54 Å². The van der Waals surface area contributed by atoms with Gasteiger partial charge in [0.15, 0.2) is 11.7 Å². The van der Waals surface area contributed by atoms with Crippen LogP contribution >= 0.6 is 0 Å². The number of rotatable bonds is 8. The Balaban J connectivity index is 1.96. The van der Waals surface area contributed by atoms with Crippen LogP contribution in [0.4, 0.5) is 0 Å². The SMILES string of the molecule is CCNC(=NCc1cc(C(C)C)no1)NCC1(CCO)CCCCC1. The van der Waals surface area contributed by atoms with Gasteiger partial charge in [-0.1, -0.05) is 38.3 Å². The summed E-state index contributed by atoms with van der Waals surface area (Å²) in [5.41, 5.74) is 1.16. The van der Waals surface area contributed by atoms with Crippen molar-refractivity contribution in [3.05, 3.63) is 17.5 Å². The maximum Gasteiger partial charge on any atom is 0.191 e. The van der Waals surface area contributed by atoms with Gasteiger partial charge in [-0.3, -0.25) is 0 Å². The molecule has 6 heteroatoms. The monoisotopic (exact) mass is 350 g/mol. The third-order valence-corrected chi connectivity index (χ3v) is 5.09. The van der Waals surface area contributed by atoms with Crippen LogP contribution in [0.3, 0.4) is 0 Å². The van der Waals surface area contributed by atoms with E-state index in [9.17, 15) is 5.11 Å². The van der Waals surface area contributed by atoms with Crippen LogP contribution in [0.1, 0.15) is 76.7 Å². The zero-order chi connectivity index (χ0) is 18.1. The molecule has 2 rings (SSSR count). The van der Waals surface area contributed by atoms with E-state index >= 15 is 0 Å². The summed E-state index contributed by atoms with van der Waals surface area (Å²) in [7, 11) is 0. The third-order valence-electron chi connectivity index (χ3n) is 5.09. The van der Waals surface area contributed by atoms with Crippen molar-refractivity contribution in [1.82, 2.24) is 15.8 Å². The molecule has 0 bridgehead atoms.